The second-order valence-electron chi connectivity index (χ2n) is 5.00. The van der Waals surface area contributed by atoms with Crippen molar-refractivity contribution >= 4 is 28.7 Å². The van der Waals surface area contributed by atoms with Gasteiger partial charge in [-0.1, -0.05) is 6.07 Å². The monoisotopic (exact) mass is 278 g/mol. The van der Waals surface area contributed by atoms with E-state index in [0.717, 1.165) is 0 Å². The zero-order chi connectivity index (χ0) is 14.9. The van der Waals surface area contributed by atoms with Crippen LogP contribution >= 0.6 is 0 Å². The summed E-state index contributed by atoms with van der Waals surface area (Å²) >= 11 is 0. The number of para-hydroxylation sites is 1. The Morgan fingerprint density at radius 2 is 2.25 bits per heavy atom. The molecule has 1 heterocycles. The number of nitro benzene ring substituents is 1. The lowest BCUT2D eigenvalue weighted by molar-refractivity contribution is -0.383. The Hall–Kier alpha value is -2.64. The lowest BCUT2D eigenvalue weighted by Crippen LogP contribution is -2.37. The number of nitrogens with zero attached hydrogens (tertiary/aromatic N) is 2. The maximum atomic E-state index is 11.2. The van der Waals surface area contributed by atoms with Crippen LogP contribution in [-0.2, 0) is 4.79 Å². The van der Waals surface area contributed by atoms with Gasteiger partial charge in [-0.15, -0.1) is 0 Å². The van der Waals surface area contributed by atoms with Crippen molar-refractivity contribution in [3.05, 3.63) is 28.3 Å². The molecule has 0 unspecified atom stereocenters. The van der Waals surface area contributed by atoms with Gasteiger partial charge >= 0.3 is 0 Å². The summed E-state index contributed by atoms with van der Waals surface area (Å²) in [6, 6.07) is 4.56. The van der Waals surface area contributed by atoms with Crippen molar-refractivity contribution in [3.63, 3.8) is 0 Å². The number of fused-ring (bicyclic) bond motifs is 1. The van der Waals surface area contributed by atoms with Gasteiger partial charge in [0.15, 0.2) is 11.1 Å². The van der Waals surface area contributed by atoms with E-state index in [2.05, 4.69) is 10.3 Å². The Morgan fingerprint density at radius 3 is 2.85 bits per heavy atom. The van der Waals surface area contributed by atoms with Crippen molar-refractivity contribution in [2.75, 3.05) is 11.9 Å². The van der Waals surface area contributed by atoms with Crippen molar-refractivity contribution in [2.45, 2.75) is 13.8 Å². The summed E-state index contributed by atoms with van der Waals surface area (Å²) in [6.45, 7) is 3.56. The van der Waals surface area contributed by atoms with Crippen molar-refractivity contribution in [1.29, 1.82) is 0 Å². The van der Waals surface area contributed by atoms with Crippen molar-refractivity contribution in [2.24, 2.45) is 11.1 Å². The number of carbonyl (C=O) groups is 1. The lowest BCUT2D eigenvalue weighted by atomic mass is 9.93. The Balaban J connectivity index is 2.27. The summed E-state index contributed by atoms with van der Waals surface area (Å²) in [5, 5.41) is 13.7. The van der Waals surface area contributed by atoms with Gasteiger partial charge in [0.2, 0.25) is 5.91 Å². The van der Waals surface area contributed by atoms with E-state index >= 15 is 0 Å². The SMILES string of the molecule is CC(C)(CNc1nc2c([N+](=O)[O-])cccc2o1)C(N)=O. The number of benzene rings is 1. The highest BCUT2D eigenvalue weighted by atomic mass is 16.6. The van der Waals surface area contributed by atoms with Crippen LogP contribution in [0.3, 0.4) is 0 Å². The molecule has 0 fully saturated rings. The fourth-order valence-corrected chi connectivity index (χ4v) is 1.54. The average Bonchev–Trinajstić information content (AvgIpc) is 2.78. The Labute approximate surface area is 114 Å². The van der Waals surface area contributed by atoms with Crippen LogP contribution in [-0.4, -0.2) is 22.4 Å². The minimum Gasteiger partial charge on any atom is -0.423 e. The van der Waals surface area contributed by atoms with E-state index in [1.807, 2.05) is 0 Å². The molecule has 0 spiro atoms. The topological polar surface area (TPSA) is 124 Å². The molecule has 0 aliphatic heterocycles. The maximum Gasteiger partial charge on any atom is 0.298 e. The molecule has 0 atom stereocenters. The first kappa shape index (κ1) is 13.8. The number of hydrogen-bond donors (Lipinski definition) is 2. The Morgan fingerprint density at radius 1 is 1.55 bits per heavy atom. The van der Waals surface area contributed by atoms with Crippen LogP contribution in [0.1, 0.15) is 13.8 Å². The predicted octanol–water partition coefficient (Wildman–Crippen LogP) is 1.66. The van der Waals surface area contributed by atoms with Crippen molar-refractivity contribution in [1.82, 2.24) is 4.98 Å². The van der Waals surface area contributed by atoms with Gasteiger partial charge in [0.25, 0.3) is 11.7 Å². The number of nitrogens with one attached hydrogen (secondary N) is 1. The number of hydrogen-bond acceptors (Lipinski definition) is 6. The molecule has 3 N–H and O–H groups in total. The first-order valence-electron chi connectivity index (χ1n) is 5.89. The number of nitro groups is 1. The molecule has 2 aromatic rings. The van der Waals surface area contributed by atoms with E-state index in [1.54, 1.807) is 19.9 Å². The molecule has 20 heavy (non-hydrogen) atoms. The molecule has 8 nitrogen and oxygen atoms in total. The largest absolute Gasteiger partial charge is 0.423 e. The summed E-state index contributed by atoms with van der Waals surface area (Å²) in [6.07, 6.45) is 0. The zero-order valence-electron chi connectivity index (χ0n) is 11.0. The minimum atomic E-state index is -0.785. The third-order valence-corrected chi connectivity index (χ3v) is 2.94. The van der Waals surface area contributed by atoms with Crippen LogP contribution in [0.2, 0.25) is 0 Å². The van der Waals surface area contributed by atoms with E-state index in [4.69, 9.17) is 10.2 Å². The summed E-state index contributed by atoms with van der Waals surface area (Å²) in [7, 11) is 0. The van der Waals surface area contributed by atoms with Crippen LogP contribution in [0.15, 0.2) is 22.6 Å². The molecule has 0 radical (unpaired) electrons. The fraction of sp³-hybridized carbons (Fsp3) is 0.333. The van der Waals surface area contributed by atoms with E-state index in [0.29, 0.717) is 5.58 Å². The van der Waals surface area contributed by atoms with Gasteiger partial charge in [0.1, 0.15) is 0 Å². The molecule has 0 saturated carbocycles. The molecule has 0 bridgehead atoms. The molecule has 1 amide bonds. The molecule has 2 rings (SSSR count). The number of nitrogens with two attached hydrogens (primary N) is 1. The van der Waals surface area contributed by atoms with Gasteiger partial charge < -0.3 is 15.5 Å². The highest BCUT2D eigenvalue weighted by molar-refractivity contribution is 5.84. The van der Waals surface area contributed by atoms with Gasteiger partial charge in [0, 0.05) is 12.6 Å². The quantitative estimate of drug-likeness (QED) is 0.633. The van der Waals surface area contributed by atoms with Gasteiger partial charge in [-0.25, -0.2) is 0 Å². The number of oxazole rings is 1. The number of primary amides is 1. The third-order valence-electron chi connectivity index (χ3n) is 2.94. The van der Waals surface area contributed by atoms with Gasteiger partial charge in [0.05, 0.1) is 10.3 Å². The smallest absolute Gasteiger partial charge is 0.298 e. The zero-order valence-corrected chi connectivity index (χ0v) is 11.0. The molecule has 1 aromatic heterocycles. The molecule has 1 aromatic carbocycles. The molecule has 0 aliphatic rings. The Bertz CT molecular complexity index is 677. The van der Waals surface area contributed by atoms with E-state index in [-0.39, 0.29) is 23.8 Å². The highest BCUT2D eigenvalue weighted by Gasteiger charge is 2.26. The van der Waals surface area contributed by atoms with E-state index < -0.39 is 16.2 Å². The molecule has 0 aliphatic carbocycles. The number of rotatable bonds is 5. The fourth-order valence-electron chi connectivity index (χ4n) is 1.54. The van der Waals surface area contributed by atoms with Gasteiger partial charge in [-0.05, 0) is 19.9 Å². The Kier molecular flexibility index (Phi) is 3.31. The number of carbonyl (C=O) groups excluding carboxylic acids is 1. The summed E-state index contributed by atoms with van der Waals surface area (Å²) in [5.41, 5.74) is 4.81. The highest BCUT2D eigenvalue weighted by Crippen LogP contribution is 2.27. The molecule has 8 heteroatoms. The summed E-state index contributed by atoms with van der Waals surface area (Å²) in [4.78, 5) is 25.6. The maximum absolute atomic E-state index is 11.2. The first-order chi connectivity index (χ1) is 9.31. The number of anilines is 1. The standard InChI is InChI=1S/C12H14N4O4/c1-12(2,10(13)17)6-14-11-15-9-7(16(18)19)4-3-5-8(9)20-11/h3-5H,6H2,1-2H3,(H2,13,17)(H,14,15). The van der Waals surface area contributed by atoms with Crippen LogP contribution in [0.25, 0.3) is 11.1 Å². The number of non-ortho nitro benzene ring substituents is 1. The average molecular weight is 278 g/mol. The second kappa shape index (κ2) is 4.80. The van der Waals surface area contributed by atoms with Crippen LogP contribution in [0, 0.1) is 15.5 Å². The van der Waals surface area contributed by atoms with E-state index in [1.165, 1.54) is 12.1 Å². The number of aromatic nitrogens is 1. The molecule has 106 valence electrons. The van der Waals surface area contributed by atoms with Crippen LogP contribution in [0.5, 0.6) is 0 Å². The van der Waals surface area contributed by atoms with Gasteiger partial charge in [-0.3, -0.25) is 14.9 Å². The summed E-state index contributed by atoms with van der Waals surface area (Å²) < 4.78 is 5.36. The van der Waals surface area contributed by atoms with E-state index in [9.17, 15) is 14.9 Å². The molecular formula is C12H14N4O4. The third kappa shape index (κ3) is 2.53. The second-order valence-corrected chi connectivity index (χ2v) is 5.00. The van der Waals surface area contributed by atoms with Crippen LogP contribution in [0.4, 0.5) is 11.7 Å². The number of amides is 1. The van der Waals surface area contributed by atoms with Gasteiger partial charge in [-0.2, -0.15) is 4.98 Å². The minimum absolute atomic E-state index is 0.114. The first-order valence-corrected chi connectivity index (χ1v) is 5.89. The summed E-state index contributed by atoms with van der Waals surface area (Å²) in [5.74, 6) is -0.466. The van der Waals surface area contributed by atoms with Crippen molar-refractivity contribution in [3.8, 4) is 0 Å². The molecular weight excluding hydrogens is 264 g/mol. The normalized spacial score (nSPS) is 11.5. The lowest BCUT2D eigenvalue weighted by Gasteiger charge is -2.19. The van der Waals surface area contributed by atoms with Crippen molar-refractivity contribution < 1.29 is 14.1 Å². The van der Waals surface area contributed by atoms with Crippen LogP contribution < -0.4 is 11.1 Å². The predicted molar refractivity (Wildman–Crippen MR) is 72.1 cm³/mol. The molecule has 0 saturated heterocycles.